The zero-order valence-corrected chi connectivity index (χ0v) is 13.5. The molecule has 6 nitrogen and oxygen atoms in total. The third-order valence-corrected chi connectivity index (χ3v) is 4.54. The van der Waals surface area contributed by atoms with Crippen LogP contribution in [-0.2, 0) is 12.5 Å². The highest BCUT2D eigenvalue weighted by molar-refractivity contribution is 7.15. The molecule has 0 unspecified atom stereocenters. The summed E-state index contributed by atoms with van der Waals surface area (Å²) in [7, 11) is 1.60. The maximum Gasteiger partial charge on any atom is 0.322 e. The van der Waals surface area contributed by atoms with Crippen LogP contribution in [0.4, 0.5) is 13.6 Å². The first-order chi connectivity index (χ1) is 10.9. The third kappa shape index (κ3) is 3.49. The Labute approximate surface area is 135 Å². The Balaban J connectivity index is 1.75. The summed E-state index contributed by atoms with van der Waals surface area (Å²) in [4.78, 5) is 19.0. The number of hydrogen-bond donors (Lipinski definition) is 1. The molecule has 0 spiro atoms. The quantitative estimate of drug-likeness (QED) is 0.906. The van der Waals surface area contributed by atoms with Crippen LogP contribution in [0.15, 0.2) is 16.7 Å². The fourth-order valence-electron chi connectivity index (χ4n) is 2.15. The molecular formula is C14H16F2N4O2S. The summed E-state index contributed by atoms with van der Waals surface area (Å²) < 4.78 is 30.9. The molecule has 1 aliphatic carbocycles. The van der Waals surface area contributed by atoms with Gasteiger partial charge in [0, 0.05) is 24.9 Å². The number of nitrogens with one attached hydrogen (secondary N) is 1. The van der Waals surface area contributed by atoms with E-state index in [1.807, 2.05) is 6.07 Å². The van der Waals surface area contributed by atoms with Crippen LogP contribution in [-0.4, -0.2) is 34.2 Å². The lowest BCUT2D eigenvalue weighted by Crippen LogP contribution is -2.38. The predicted octanol–water partition coefficient (Wildman–Crippen LogP) is 3.21. The van der Waals surface area contributed by atoms with E-state index in [1.54, 1.807) is 18.0 Å². The van der Waals surface area contributed by atoms with Gasteiger partial charge in [0.15, 0.2) is 0 Å². The smallest absolute Gasteiger partial charge is 0.322 e. The molecular weight excluding hydrogens is 326 g/mol. The van der Waals surface area contributed by atoms with Crippen molar-refractivity contribution in [1.82, 2.24) is 20.4 Å². The molecule has 1 N–H and O–H groups in total. The molecule has 0 radical (unpaired) electrons. The Hall–Kier alpha value is -2.03. The van der Waals surface area contributed by atoms with Crippen LogP contribution in [0, 0.1) is 0 Å². The van der Waals surface area contributed by atoms with Crippen molar-refractivity contribution < 1.29 is 18.1 Å². The van der Waals surface area contributed by atoms with E-state index in [0.29, 0.717) is 18.3 Å². The van der Waals surface area contributed by atoms with E-state index in [1.165, 1.54) is 11.3 Å². The number of thiophene rings is 1. The van der Waals surface area contributed by atoms with Gasteiger partial charge < -0.3 is 14.7 Å². The number of urea groups is 1. The molecule has 2 heterocycles. The van der Waals surface area contributed by atoms with Crippen molar-refractivity contribution in [1.29, 1.82) is 0 Å². The van der Waals surface area contributed by atoms with Gasteiger partial charge in [-0.15, -0.1) is 11.3 Å². The average molecular weight is 342 g/mol. The standard InChI is InChI=1S/C14H16F2N4O2S/c1-14(15,16)12-18-11(19-22-12)10-6-5-9(23-10)7-20(8-3-4-8)13(21)17-2/h5-6,8H,3-4,7H2,1-2H3,(H,17,21). The summed E-state index contributed by atoms with van der Waals surface area (Å²) in [5, 5.41) is 6.23. The van der Waals surface area contributed by atoms with E-state index in [2.05, 4.69) is 20.0 Å². The average Bonchev–Trinajstić information content (AvgIpc) is 3.02. The highest BCUT2D eigenvalue weighted by Gasteiger charge is 2.33. The minimum Gasteiger partial charge on any atom is -0.341 e. The van der Waals surface area contributed by atoms with Crippen molar-refractivity contribution in [3.05, 3.63) is 22.9 Å². The van der Waals surface area contributed by atoms with Gasteiger partial charge in [0.25, 0.3) is 5.89 Å². The fourth-order valence-corrected chi connectivity index (χ4v) is 3.08. The molecule has 3 rings (SSSR count). The van der Waals surface area contributed by atoms with Gasteiger partial charge in [-0.3, -0.25) is 0 Å². The van der Waals surface area contributed by atoms with Gasteiger partial charge in [-0.05, 0) is 25.0 Å². The van der Waals surface area contributed by atoms with Crippen LogP contribution < -0.4 is 5.32 Å². The molecule has 0 bridgehead atoms. The molecule has 0 aliphatic heterocycles. The highest BCUT2D eigenvalue weighted by Crippen LogP contribution is 2.33. The summed E-state index contributed by atoms with van der Waals surface area (Å²) in [5.41, 5.74) is 0. The van der Waals surface area contributed by atoms with Crippen LogP contribution >= 0.6 is 11.3 Å². The summed E-state index contributed by atoms with van der Waals surface area (Å²) >= 11 is 1.36. The van der Waals surface area contributed by atoms with Crippen LogP contribution in [0.1, 0.15) is 30.5 Å². The number of nitrogens with zero attached hydrogens (tertiary/aromatic N) is 3. The zero-order valence-electron chi connectivity index (χ0n) is 12.7. The van der Waals surface area contributed by atoms with Gasteiger partial charge in [0.2, 0.25) is 5.82 Å². The largest absolute Gasteiger partial charge is 0.341 e. The molecule has 1 aliphatic rings. The Bertz CT molecular complexity index is 706. The van der Waals surface area contributed by atoms with Gasteiger partial charge in [0.1, 0.15) is 0 Å². The van der Waals surface area contributed by atoms with Crippen LogP contribution in [0.25, 0.3) is 10.7 Å². The molecule has 0 atom stereocenters. The lowest BCUT2D eigenvalue weighted by molar-refractivity contribution is -0.0158. The lowest BCUT2D eigenvalue weighted by Gasteiger charge is -2.20. The second-order valence-electron chi connectivity index (χ2n) is 5.49. The van der Waals surface area contributed by atoms with Gasteiger partial charge in [-0.2, -0.15) is 13.8 Å². The molecule has 23 heavy (non-hydrogen) atoms. The Morgan fingerprint density at radius 1 is 1.52 bits per heavy atom. The topological polar surface area (TPSA) is 71.3 Å². The Morgan fingerprint density at radius 2 is 2.26 bits per heavy atom. The number of halogens is 2. The van der Waals surface area contributed by atoms with E-state index >= 15 is 0 Å². The van der Waals surface area contributed by atoms with Crippen molar-refractivity contribution in [2.75, 3.05) is 7.05 Å². The minimum atomic E-state index is -3.16. The maximum atomic E-state index is 13.1. The van der Waals surface area contributed by atoms with E-state index in [-0.39, 0.29) is 17.9 Å². The number of hydrogen-bond acceptors (Lipinski definition) is 5. The monoisotopic (exact) mass is 342 g/mol. The SMILES string of the molecule is CNC(=O)N(Cc1ccc(-c2noc(C(C)(F)F)n2)s1)C1CC1. The predicted molar refractivity (Wildman–Crippen MR) is 80.2 cm³/mol. The number of amides is 2. The molecule has 2 aromatic heterocycles. The van der Waals surface area contributed by atoms with E-state index in [4.69, 9.17) is 0 Å². The number of carbonyl (C=O) groups is 1. The van der Waals surface area contributed by atoms with Crippen LogP contribution in [0.3, 0.4) is 0 Å². The van der Waals surface area contributed by atoms with Crippen LogP contribution in [0.2, 0.25) is 0 Å². The molecule has 1 saturated carbocycles. The van der Waals surface area contributed by atoms with E-state index in [9.17, 15) is 13.6 Å². The summed E-state index contributed by atoms with van der Waals surface area (Å²) in [6.07, 6.45) is 2.01. The summed E-state index contributed by atoms with van der Waals surface area (Å²) in [5.74, 6) is -3.73. The number of carbonyl (C=O) groups excluding carboxylic acids is 1. The number of aromatic nitrogens is 2. The fraction of sp³-hybridized carbons (Fsp3) is 0.500. The lowest BCUT2D eigenvalue weighted by atomic mass is 10.3. The van der Waals surface area contributed by atoms with Crippen molar-refractivity contribution in [3.8, 4) is 10.7 Å². The number of rotatable bonds is 5. The second kappa shape index (κ2) is 5.88. The van der Waals surface area contributed by atoms with Gasteiger partial charge >= 0.3 is 12.0 Å². The molecule has 124 valence electrons. The first-order valence-corrected chi connectivity index (χ1v) is 7.99. The van der Waals surface area contributed by atoms with Crippen LogP contribution in [0.5, 0.6) is 0 Å². The van der Waals surface area contributed by atoms with Crippen molar-refractivity contribution in [2.24, 2.45) is 0 Å². The number of alkyl halides is 2. The van der Waals surface area contributed by atoms with Gasteiger partial charge in [-0.1, -0.05) is 5.16 Å². The Kier molecular flexibility index (Phi) is 4.05. The third-order valence-electron chi connectivity index (χ3n) is 3.47. The summed E-state index contributed by atoms with van der Waals surface area (Å²) in [6.45, 7) is 1.19. The first kappa shape index (κ1) is 15.9. The zero-order chi connectivity index (χ0) is 16.6. The maximum absolute atomic E-state index is 13.1. The second-order valence-corrected chi connectivity index (χ2v) is 6.66. The van der Waals surface area contributed by atoms with Crippen molar-refractivity contribution >= 4 is 17.4 Å². The minimum absolute atomic E-state index is 0.116. The molecule has 9 heteroatoms. The first-order valence-electron chi connectivity index (χ1n) is 7.18. The van der Waals surface area contributed by atoms with Gasteiger partial charge in [-0.25, -0.2) is 4.79 Å². The van der Waals surface area contributed by atoms with Crippen molar-refractivity contribution in [2.45, 2.75) is 38.3 Å². The molecule has 0 saturated heterocycles. The van der Waals surface area contributed by atoms with Gasteiger partial charge in [0.05, 0.1) is 11.4 Å². The normalized spacial score (nSPS) is 14.8. The Morgan fingerprint density at radius 3 is 2.83 bits per heavy atom. The van der Waals surface area contributed by atoms with E-state index < -0.39 is 11.8 Å². The molecule has 1 fully saturated rings. The summed E-state index contributed by atoms with van der Waals surface area (Å²) in [6, 6.07) is 3.75. The molecule has 2 aromatic rings. The van der Waals surface area contributed by atoms with Crippen molar-refractivity contribution in [3.63, 3.8) is 0 Å². The highest BCUT2D eigenvalue weighted by atomic mass is 32.1. The van der Waals surface area contributed by atoms with E-state index in [0.717, 1.165) is 17.7 Å². The molecule has 0 aromatic carbocycles. The molecule has 2 amide bonds.